The lowest BCUT2D eigenvalue weighted by atomic mass is 10.0. The Bertz CT molecular complexity index is 997. The minimum absolute atomic E-state index is 0.0635. The Hall–Kier alpha value is -3.03. The van der Waals surface area contributed by atoms with Crippen LogP contribution in [0.3, 0.4) is 0 Å². The zero-order valence-electron chi connectivity index (χ0n) is 15.8. The number of nitrogens with one attached hydrogen (secondary N) is 1. The molecule has 1 N–H and O–H groups in total. The van der Waals surface area contributed by atoms with E-state index in [1.807, 2.05) is 26.0 Å². The maximum Gasteiger partial charge on any atom is 0.269 e. The maximum atomic E-state index is 12.6. The first kappa shape index (κ1) is 17.4. The summed E-state index contributed by atoms with van der Waals surface area (Å²) in [4.78, 5) is 28.2. The number of anilines is 1. The highest BCUT2D eigenvalue weighted by atomic mass is 16.2. The summed E-state index contributed by atoms with van der Waals surface area (Å²) in [6.45, 7) is 5.40. The van der Waals surface area contributed by atoms with Crippen molar-refractivity contribution in [2.45, 2.75) is 32.7 Å². The lowest BCUT2D eigenvalue weighted by Gasteiger charge is -2.34. The molecule has 1 unspecified atom stereocenters. The topological polar surface area (TPSA) is 88.8 Å². The zero-order valence-corrected chi connectivity index (χ0v) is 15.8. The number of amides is 1. The van der Waals surface area contributed by atoms with Gasteiger partial charge in [0.15, 0.2) is 0 Å². The molecule has 1 aliphatic heterocycles. The molecule has 1 amide bonds. The van der Waals surface area contributed by atoms with Crippen LogP contribution in [0.1, 0.15) is 34.8 Å². The van der Waals surface area contributed by atoms with Gasteiger partial charge in [-0.15, -0.1) is 0 Å². The molecule has 0 aromatic carbocycles. The molecule has 0 radical (unpaired) electrons. The van der Waals surface area contributed by atoms with Gasteiger partial charge in [-0.05, 0) is 38.8 Å². The molecule has 1 atom stereocenters. The quantitative estimate of drug-likeness (QED) is 0.761. The lowest BCUT2D eigenvalue weighted by molar-refractivity contribution is 0.0923. The van der Waals surface area contributed by atoms with Crippen LogP contribution in [0.15, 0.2) is 24.5 Å². The molecular weight excluding hydrogens is 342 g/mol. The number of carbonyl (C=O) groups excluding carboxylic acids is 1. The van der Waals surface area contributed by atoms with E-state index in [0.29, 0.717) is 5.69 Å². The van der Waals surface area contributed by atoms with Crippen molar-refractivity contribution < 1.29 is 4.79 Å². The molecule has 8 heteroatoms. The highest BCUT2D eigenvalue weighted by Gasteiger charge is 2.25. The van der Waals surface area contributed by atoms with Crippen molar-refractivity contribution >= 4 is 22.6 Å². The molecule has 3 aromatic heterocycles. The van der Waals surface area contributed by atoms with Crippen LogP contribution >= 0.6 is 0 Å². The molecule has 1 saturated heterocycles. The SMILES string of the molecule is Cc1cc(C(=O)NC2CCCN(c3nc(C)nc4cnccc34)C2)n(C)n1. The van der Waals surface area contributed by atoms with E-state index >= 15 is 0 Å². The van der Waals surface area contributed by atoms with Crippen molar-refractivity contribution in [2.75, 3.05) is 18.0 Å². The second kappa shape index (κ2) is 6.94. The van der Waals surface area contributed by atoms with Crippen LogP contribution in [0.4, 0.5) is 5.82 Å². The van der Waals surface area contributed by atoms with Crippen LogP contribution in [-0.2, 0) is 7.05 Å². The Balaban J connectivity index is 1.55. The molecule has 4 rings (SSSR count). The van der Waals surface area contributed by atoms with Gasteiger partial charge in [-0.3, -0.25) is 14.5 Å². The standard InChI is InChI=1S/C19H23N7O/c1-12-9-17(25(3)24-12)19(27)23-14-5-4-8-26(11-14)18-15-6-7-20-10-16(15)21-13(2)22-18/h6-7,9-10,14H,4-5,8,11H2,1-3H3,(H,23,27). The number of hydrogen-bond donors (Lipinski definition) is 1. The predicted octanol–water partition coefficient (Wildman–Crippen LogP) is 1.77. The first-order chi connectivity index (χ1) is 13.0. The molecule has 0 aliphatic carbocycles. The summed E-state index contributed by atoms with van der Waals surface area (Å²) < 4.78 is 1.62. The normalized spacial score (nSPS) is 17.3. The second-order valence-electron chi connectivity index (χ2n) is 7.04. The van der Waals surface area contributed by atoms with Gasteiger partial charge in [-0.1, -0.05) is 0 Å². The van der Waals surface area contributed by atoms with Crippen LogP contribution in [0.2, 0.25) is 0 Å². The number of carbonyl (C=O) groups is 1. The molecule has 0 bridgehead atoms. The van der Waals surface area contributed by atoms with E-state index in [1.165, 1.54) is 0 Å². The van der Waals surface area contributed by atoms with E-state index in [1.54, 1.807) is 24.1 Å². The van der Waals surface area contributed by atoms with Gasteiger partial charge in [0, 0.05) is 37.8 Å². The Morgan fingerprint density at radius 2 is 2.15 bits per heavy atom. The first-order valence-corrected chi connectivity index (χ1v) is 9.16. The molecule has 8 nitrogen and oxygen atoms in total. The number of pyridine rings is 1. The van der Waals surface area contributed by atoms with Gasteiger partial charge in [0.05, 0.1) is 17.4 Å². The smallest absolute Gasteiger partial charge is 0.269 e. The van der Waals surface area contributed by atoms with Crippen molar-refractivity contribution in [1.29, 1.82) is 0 Å². The zero-order chi connectivity index (χ0) is 19.0. The summed E-state index contributed by atoms with van der Waals surface area (Å²) in [5.74, 6) is 1.55. The molecule has 1 fully saturated rings. The van der Waals surface area contributed by atoms with E-state index in [4.69, 9.17) is 0 Å². The second-order valence-corrected chi connectivity index (χ2v) is 7.04. The fourth-order valence-electron chi connectivity index (χ4n) is 3.69. The minimum atomic E-state index is -0.0853. The Labute approximate surface area is 157 Å². The maximum absolute atomic E-state index is 12.6. The monoisotopic (exact) mass is 365 g/mol. The average Bonchev–Trinajstić information content (AvgIpc) is 2.99. The van der Waals surface area contributed by atoms with E-state index in [0.717, 1.165) is 54.2 Å². The molecule has 4 heterocycles. The van der Waals surface area contributed by atoms with Gasteiger partial charge in [0.25, 0.3) is 5.91 Å². The Morgan fingerprint density at radius 3 is 2.93 bits per heavy atom. The van der Waals surface area contributed by atoms with Gasteiger partial charge in [0.1, 0.15) is 17.3 Å². The van der Waals surface area contributed by atoms with Crippen molar-refractivity contribution in [2.24, 2.45) is 7.05 Å². The van der Waals surface area contributed by atoms with Gasteiger partial charge < -0.3 is 10.2 Å². The largest absolute Gasteiger partial charge is 0.354 e. The number of rotatable bonds is 3. The van der Waals surface area contributed by atoms with Gasteiger partial charge in [-0.25, -0.2) is 9.97 Å². The van der Waals surface area contributed by atoms with Gasteiger partial charge >= 0.3 is 0 Å². The minimum Gasteiger partial charge on any atom is -0.354 e. The molecule has 140 valence electrons. The van der Waals surface area contributed by atoms with Gasteiger partial charge in [-0.2, -0.15) is 5.10 Å². The van der Waals surface area contributed by atoms with Crippen LogP contribution in [-0.4, -0.2) is 49.8 Å². The lowest BCUT2D eigenvalue weighted by Crippen LogP contribution is -2.48. The van der Waals surface area contributed by atoms with Crippen LogP contribution in [0.5, 0.6) is 0 Å². The fraction of sp³-hybridized carbons (Fsp3) is 0.421. The summed E-state index contributed by atoms with van der Waals surface area (Å²) >= 11 is 0. The third-order valence-corrected chi connectivity index (χ3v) is 4.88. The van der Waals surface area contributed by atoms with Crippen LogP contribution in [0, 0.1) is 13.8 Å². The Morgan fingerprint density at radius 1 is 1.30 bits per heavy atom. The van der Waals surface area contributed by atoms with Crippen molar-refractivity contribution in [3.05, 3.63) is 41.7 Å². The number of piperidine rings is 1. The van der Waals surface area contributed by atoms with Crippen molar-refractivity contribution in [3.8, 4) is 0 Å². The number of aryl methyl sites for hydroxylation is 3. The number of nitrogens with zero attached hydrogens (tertiary/aromatic N) is 6. The molecule has 0 spiro atoms. The average molecular weight is 365 g/mol. The first-order valence-electron chi connectivity index (χ1n) is 9.16. The third kappa shape index (κ3) is 3.47. The number of aromatic nitrogens is 5. The summed E-state index contributed by atoms with van der Waals surface area (Å²) in [5.41, 5.74) is 2.26. The van der Waals surface area contributed by atoms with Crippen LogP contribution in [0.25, 0.3) is 10.9 Å². The van der Waals surface area contributed by atoms with E-state index in [2.05, 4.69) is 30.3 Å². The number of hydrogen-bond acceptors (Lipinski definition) is 6. The van der Waals surface area contributed by atoms with E-state index in [-0.39, 0.29) is 11.9 Å². The molecular formula is C19H23N7O. The third-order valence-electron chi connectivity index (χ3n) is 4.88. The Kier molecular flexibility index (Phi) is 4.47. The fourth-order valence-corrected chi connectivity index (χ4v) is 3.69. The summed E-state index contributed by atoms with van der Waals surface area (Å²) in [6, 6.07) is 3.82. The van der Waals surface area contributed by atoms with Crippen molar-refractivity contribution in [3.63, 3.8) is 0 Å². The number of fused-ring (bicyclic) bond motifs is 1. The summed E-state index contributed by atoms with van der Waals surface area (Å²) in [5, 5.41) is 8.40. The molecule has 27 heavy (non-hydrogen) atoms. The van der Waals surface area contributed by atoms with Crippen molar-refractivity contribution in [1.82, 2.24) is 30.0 Å². The van der Waals surface area contributed by atoms with Crippen LogP contribution < -0.4 is 10.2 Å². The molecule has 0 saturated carbocycles. The van der Waals surface area contributed by atoms with E-state index < -0.39 is 0 Å². The highest BCUT2D eigenvalue weighted by molar-refractivity contribution is 5.93. The highest BCUT2D eigenvalue weighted by Crippen LogP contribution is 2.26. The molecule has 1 aliphatic rings. The predicted molar refractivity (Wildman–Crippen MR) is 103 cm³/mol. The van der Waals surface area contributed by atoms with Gasteiger partial charge in [0.2, 0.25) is 0 Å². The molecule has 3 aromatic rings. The van der Waals surface area contributed by atoms with E-state index in [9.17, 15) is 4.79 Å². The summed E-state index contributed by atoms with van der Waals surface area (Å²) in [6.07, 6.45) is 5.47. The summed E-state index contributed by atoms with van der Waals surface area (Å²) in [7, 11) is 1.79.